The molecule has 0 amide bonds. The van der Waals surface area contributed by atoms with Gasteiger partial charge in [0.15, 0.2) is 5.13 Å². The van der Waals surface area contributed by atoms with Crippen LogP contribution in [0.1, 0.15) is 25.7 Å². The minimum atomic E-state index is 0.689. The Morgan fingerprint density at radius 3 is 2.61 bits per heavy atom. The van der Waals surface area contributed by atoms with Crippen LogP contribution in [-0.4, -0.2) is 11.0 Å². The topological polar surface area (TPSA) is 24.9 Å². The maximum absolute atomic E-state index is 4.70. The van der Waals surface area contributed by atoms with Gasteiger partial charge in [-0.15, -0.1) is 0 Å². The fourth-order valence-electron chi connectivity index (χ4n) is 2.63. The number of anilines is 1. The molecule has 0 spiro atoms. The lowest BCUT2D eigenvalue weighted by molar-refractivity contribution is 0.567. The first-order valence-electron chi connectivity index (χ1n) is 6.62. The van der Waals surface area contributed by atoms with Crippen molar-refractivity contribution in [2.24, 2.45) is 11.8 Å². The SMILES string of the molecule is Brc1ccc2nc(NC(C3CC3)C3CC3)sc2c1. The molecular weight excluding hydrogens is 308 g/mol. The predicted octanol–water partition coefficient (Wildman–Crippen LogP) is 4.66. The van der Waals surface area contributed by atoms with Crippen molar-refractivity contribution in [3.05, 3.63) is 22.7 Å². The third-order valence-corrected chi connectivity index (χ3v) is 5.34. The summed E-state index contributed by atoms with van der Waals surface area (Å²) >= 11 is 5.30. The number of nitrogens with zero attached hydrogens (tertiary/aromatic N) is 1. The second-order valence-electron chi connectivity index (χ2n) is 5.48. The Morgan fingerprint density at radius 1 is 1.22 bits per heavy atom. The summed E-state index contributed by atoms with van der Waals surface area (Å²) in [4.78, 5) is 4.70. The Balaban J connectivity index is 1.61. The van der Waals surface area contributed by atoms with Gasteiger partial charge in [0.1, 0.15) is 0 Å². The van der Waals surface area contributed by atoms with Gasteiger partial charge < -0.3 is 5.32 Å². The molecule has 2 saturated carbocycles. The number of nitrogens with one attached hydrogen (secondary N) is 1. The van der Waals surface area contributed by atoms with Crippen LogP contribution in [0, 0.1) is 11.8 Å². The second kappa shape index (κ2) is 4.20. The fraction of sp³-hybridized carbons (Fsp3) is 0.500. The minimum Gasteiger partial charge on any atom is -0.358 e. The van der Waals surface area contributed by atoms with Crippen LogP contribution in [0.2, 0.25) is 0 Å². The van der Waals surface area contributed by atoms with E-state index in [-0.39, 0.29) is 0 Å². The van der Waals surface area contributed by atoms with Gasteiger partial charge in [-0.2, -0.15) is 0 Å². The molecule has 4 rings (SSSR count). The summed E-state index contributed by atoms with van der Waals surface area (Å²) in [5.74, 6) is 1.83. The lowest BCUT2D eigenvalue weighted by Crippen LogP contribution is -2.23. The van der Waals surface area contributed by atoms with Crippen molar-refractivity contribution in [1.82, 2.24) is 4.98 Å². The molecule has 1 aromatic heterocycles. The number of thiazole rings is 1. The highest BCUT2D eigenvalue weighted by Crippen LogP contribution is 2.46. The summed E-state index contributed by atoms with van der Waals surface area (Å²) < 4.78 is 2.39. The summed E-state index contributed by atoms with van der Waals surface area (Å²) in [6, 6.07) is 6.99. The molecule has 2 nitrogen and oxygen atoms in total. The normalized spacial score (nSPS) is 19.7. The van der Waals surface area contributed by atoms with Crippen molar-refractivity contribution in [2.45, 2.75) is 31.7 Å². The van der Waals surface area contributed by atoms with Crippen LogP contribution in [-0.2, 0) is 0 Å². The van der Waals surface area contributed by atoms with Crippen LogP contribution in [0.15, 0.2) is 22.7 Å². The van der Waals surface area contributed by atoms with Crippen molar-refractivity contribution in [2.75, 3.05) is 5.32 Å². The van der Waals surface area contributed by atoms with Crippen LogP contribution >= 0.6 is 27.3 Å². The molecule has 2 aliphatic carbocycles. The third kappa shape index (κ3) is 2.16. The summed E-state index contributed by atoms with van der Waals surface area (Å²) in [6.07, 6.45) is 5.63. The van der Waals surface area contributed by atoms with Gasteiger partial charge in [-0.1, -0.05) is 27.3 Å². The van der Waals surface area contributed by atoms with E-state index in [1.165, 1.54) is 30.4 Å². The van der Waals surface area contributed by atoms with E-state index in [1.54, 1.807) is 11.3 Å². The van der Waals surface area contributed by atoms with E-state index in [2.05, 4.69) is 39.4 Å². The monoisotopic (exact) mass is 322 g/mol. The van der Waals surface area contributed by atoms with Gasteiger partial charge in [0.2, 0.25) is 0 Å². The fourth-order valence-corrected chi connectivity index (χ4v) is 4.10. The van der Waals surface area contributed by atoms with Crippen LogP contribution in [0.5, 0.6) is 0 Å². The van der Waals surface area contributed by atoms with Crippen molar-refractivity contribution >= 4 is 42.6 Å². The van der Waals surface area contributed by atoms with E-state index < -0.39 is 0 Å². The highest BCUT2D eigenvalue weighted by molar-refractivity contribution is 9.10. The minimum absolute atomic E-state index is 0.689. The molecule has 0 aliphatic heterocycles. The van der Waals surface area contributed by atoms with E-state index in [9.17, 15) is 0 Å². The molecule has 2 fully saturated rings. The molecule has 0 unspecified atom stereocenters. The summed E-state index contributed by atoms with van der Waals surface area (Å²) in [5, 5.41) is 4.81. The molecule has 1 N–H and O–H groups in total. The molecule has 0 atom stereocenters. The van der Waals surface area contributed by atoms with E-state index in [0.717, 1.165) is 27.0 Å². The van der Waals surface area contributed by atoms with Crippen LogP contribution in [0.3, 0.4) is 0 Å². The highest BCUT2D eigenvalue weighted by Gasteiger charge is 2.41. The maximum Gasteiger partial charge on any atom is 0.184 e. The average molecular weight is 323 g/mol. The molecule has 2 aromatic rings. The molecule has 2 aliphatic rings. The second-order valence-corrected chi connectivity index (χ2v) is 7.42. The van der Waals surface area contributed by atoms with E-state index >= 15 is 0 Å². The van der Waals surface area contributed by atoms with Gasteiger partial charge in [-0.25, -0.2) is 4.98 Å². The number of rotatable bonds is 4. The van der Waals surface area contributed by atoms with E-state index in [0.29, 0.717) is 6.04 Å². The first kappa shape index (κ1) is 11.2. The van der Waals surface area contributed by atoms with Gasteiger partial charge in [0.25, 0.3) is 0 Å². The summed E-state index contributed by atoms with van der Waals surface area (Å²) in [6.45, 7) is 0. The Labute approximate surface area is 119 Å². The van der Waals surface area contributed by atoms with Gasteiger partial charge in [0.05, 0.1) is 10.2 Å². The zero-order valence-electron chi connectivity index (χ0n) is 10.0. The average Bonchev–Trinajstić information content (AvgIpc) is 3.23. The first-order chi connectivity index (χ1) is 8.79. The maximum atomic E-state index is 4.70. The Kier molecular flexibility index (Phi) is 2.62. The summed E-state index contributed by atoms with van der Waals surface area (Å²) in [5.41, 5.74) is 1.11. The van der Waals surface area contributed by atoms with Crippen LogP contribution < -0.4 is 5.32 Å². The molecule has 1 aromatic carbocycles. The Bertz CT molecular complexity index is 574. The third-order valence-electron chi connectivity index (χ3n) is 3.90. The number of benzene rings is 1. The predicted molar refractivity (Wildman–Crippen MR) is 80.2 cm³/mol. The molecule has 18 heavy (non-hydrogen) atoms. The van der Waals surface area contributed by atoms with Gasteiger partial charge in [-0.05, 0) is 55.7 Å². The molecule has 94 valence electrons. The van der Waals surface area contributed by atoms with E-state index in [4.69, 9.17) is 4.98 Å². The molecule has 0 radical (unpaired) electrons. The van der Waals surface area contributed by atoms with Crippen molar-refractivity contribution in [3.8, 4) is 0 Å². The molecule has 4 heteroatoms. The van der Waals surface area contributed by atoms with Crippen LogP contribution in [0.4, 0.5) is 5.13 Å². The number of fused-ring (bicyclic) bond motifs is 1. The van der Waals surface area contributed by atoms with Crippen LogP contribution in [0.25, 0.3) is 10.2 Å². The highest BCUT2D eigenvalue weighted by atomic mass is 79.9. The van der Waals surface area contributed by atoms with E-state index in [1.807, 2.05) is 0 Å². The number of aromatic nitrogens is 1. The van der Waals surface area contributed by atoms with Gasteiger partial charge in [-0.3, -0.25) is 0 Å². The quantitative estimate of drug-likeness (QED) is 0.885. The Hall–Kier alpha value is -0.610. The van der Waals surface area contributed by atoms with Crippen molar-refractivity contribution < 1.29 is 0 Å². The van der Waals surface area contributed by atoms with Gasteiger partial charge >= 0.3 is 0 Å². The lowest BCUT2D eigenvalue weighted by atomic mass is 10.1. The van der Waals surface area contributed by atoms with Crippen molar-refractivity contribution in [3.63, 3.8) is 0 Å². The number of hydrogen-bond donors (Lipinski definition) is 1. The molecular formula is C14H15BrN2S. The molecule has 1 heterocycles. The smallest absolute Gasteiger partial charge is 0.184 e. The molecule has 0 bridgehead atoms. The zero-order chi connectivity index (χ0) is 12.1. The Morgan fingerprint density at radius 2 is 1.94 bits per heavy atom. The van der Waals surface area contributed by atoms with Gasteiger partial charge in [0, 0.05) is 10.5 Å². The first-order valence-corrected chi connectivity index (χ1v) is 8.23. The summed E-state index contributed by atoms with van der Waals surface area (Å²) in [7, 11) is 0. The number of halogens is 1. The largest absolute Gasteiger partial charge is 0.358 e. The number of hydrogen-bond acceptors (Lipinski definition) is 3. The molecule has 0 saturated heterocycles. The standard InChI is InChI=1S/C14H15BrN2S/c15-10-5-6-11-12(7-10)18-14(16-11)17-13(8-1-2-8)9-3-4-9/h5-9,13H,1-4H2,(H,16,17). The lowest BCUT2D eigenvalue weighted by Gasteiger charge is -2.16. The zero-order valence-corrected chi connectivity index (χ0v) is 12.4. The van der Waals surface area contributed by atoms with Crippen molar-refractivity contribution in [1.29, 1.82) is 0 Å².